The van der Waals surface area contributed by atoms with Gasteiger partial charge in [-0.05, 0) is 67.9 Å². The molecule has 3 aromatic rings. The van der Waals surface area contributed by atoms with E-state index in [4.69, 9.17) is 43.6 Å². The van der Waals surface area contributed by atoms with Gasteiger partial charge in [-0.1, -0.05) is 41.4 Å². The van der Waals surface area contributed by atoms with Crippen molar-refractivity contribution in [1.82, 2.24) is 9.97 Å². The number of halogens is 2. The fraction of sp³-hybridized carbons (Fsp3) is 0.393. The third-order valence-corrected chi connectivity index (χ3v) is 9.20. The third-order valence-electron chi connectivity index (χ3n) is 7.77. The fourth-order valence-electron chi connectivity index (χ4n) is 5.80. The number of rotatable bonds is 6. The summed E-state index contributed by atoms with van der Waals surface area (Å²) in [4.78, 5) is 24.7. The van der Waals surface area contributed by atoms with Gasteiger partial charge in [0.15, 0.2) is 11.5 Å². The molecule has 0 amide bonds. The number of aromatic nitrogens is 2. The predicted molar refractivity (Wildman–Crippen MR) is 158 cm³/mol. The monoisotopic (exact) mass is 603 g/mol. The van der Waals surface area contributed by atoms with Crippen molar-refractivity contribution in [3.05, 3.63) is 69.0 Å². The molecule has 1 fully saturated rings. The molecule has 2 aromatic carbocycles. The first-order valence-electron chi connectivity index (χ1n) is 13.0. The summed E-state index contributed by atoms with van der Waals surface area (Å²) in [6.45, 7) is 5.01. The van der Waals surface area contributed by atoms with Crippen molar-refractivity contribution in [3.63, 3.8) is 0 Å². The van der Waals surface area contributed by atoms with Crippen LogP contribution < -0.4 is 15.4 Å². The number of benzene rings is 2. The van der Waals surface area contributed by atoms with E-state index >= 15 is 0 Å². The van der Waals surface area contributed by atoms with Gasteiger partial charge in [-0.15, -0.1) is 0 Å². The summed E-state index contributed by atoms with van der Waals surface area (Å²) in [7, 11) is -3.39. The quantitative estimate of drug-likeness (QED) is 0.370. The van der Waals surface area contributed by atoms with Crippen LogP contribution in [-0.2, 0) is 21.2 Å². The number of sulfonamides is 1. The van der Waals surface area contributed by atoms with Gasteiger partial charge < -0.3 is 15.4 Å². The zero-order valence-corrected chi connectivity index (χ0v) is 24.8. The number of fused-ring (bicyclic) bond motifs is 1. The largest absolute Gasteiger partial charge is 0.461 e. The Morgan fingerprint density at radius 3 is 2.60 bits per heavy atom. The number of nitrogens with two attached hydrogens (primary N) is 1. The van der Waals surface area contributed by atoms with Gasteiger partial charge in [0.25, 0.3) is 0 Å². The van der Waals surface area contributed by atoms with Gasteiger partial charge in [-0.25, -0.2) is 23.2 Å². The van der Waals surface area contributed by atoms with E-state index in [9.17, 15) is 13.2 Å². The van der Waals surface area contributed by atoms with Crippen LogP contribution in [-0.4, -0.2) is 50.3 Å². The van der Waals surface area contributed by atoms with Gasteiger partial charge in [-0.3, -0.25) is 4.72 Å². The van der Waals surface area contributed by atoms with E-state index in [1.54, 1.807) is 31.2 Å². The Kier molecular flexibility index (Phi) is 7.73. The van der Waals surface area contributed by atoms with E-state index in [1.165, 1.54) is 0 Å². The van der Waals surface area contributed by atoms with Crippen molar-refractivity contribution in [2.45, 2.75) is 39.2 Å². The SMILES string of the molecule is CCOC(=O)c1nc(-c2cccc(Cl)c2Cl)c(C)nc1N1CCC2(CC1)Cc1ccc(NS(C)(=O)=O)cc1[C@H]2N. The molecular formula is C28H31Cl2N5O4S. The first-order chi connectivity index (χ1) is 18.9. The molecule has 212 valence electrons. The highest BCUT2D eigenvalue weighted by molar-refractivity contribution is 7.92. The van der Waals surface area contributed by atoms with E-state index in [0.717, 1.165) is 36.6 Å². The first-order valence-corrected chi connectivity index (χ1v) is 15.7. The van der Waals surface area contributed by atoms with Crippen molar-refractivity contribution in [2.75, 3.05) is 35.6 Å². The number of carbonyl (C=O) groups excluding carboxylic acids is 1. The summed E-state index contributed by atoms with van der Waals surface area (Å²) in [5.74, 6) is -0.0861. The molecule has 0 bridgehead atoms. The molecule has 2 aliphatic rings. The molecule has 1 atom stereocenters. The number of nitrogens with one attached hydrogen (secondary N) is 1. The Balaban J connectivity index is 1.43. The van der Waals surface area contributed by atoms with Crippen molar-refractivity contribution in [3.8, 4) is 11.3 Å². The lowest BCUT2D eigenvalue weighted by molar-refractivity contribution is 0.0519. The molecule has 0 radical (unpaired) electrons. The molecular weight excluding hydrogens is 573 g/mol. The third kappa shape index (κ3) is 5.37. The van der Waals surface area contributed by atoms with Crippen LogP contribution in [0.1, 0.15) is 53.1 Å². The summed E-state index contributed by atoms with van der Waals surface area (Å²) < 4.78 is 31.3. The highest BCUT2D eigenvalue weighted by Gasteiger charge is 2.46. The van der Waals surface area contributed by atoms with Crippen LogP contribution in [0.15, 0.2) is 36.4 Å². The molecule has 1 aliphatic carbocycles. The van der Waals surface area contributed by atoms with Crippen molar-refractivity contribution in [2.24, 2.45) is 11.1 Å². The molecule has 3 N–H and O–H groups in total. The van der Waals surface area contributed by atoms with Gasteiger partial charge >= 0.3 is 5.97 Å². The standard InChI is InChI=1S/C28H31Cl2N5O4S/c1-4-39-27(36)24-26(32-16(2)23(33-24)19-6-5-7-21(29)22(19)30)35-12-10-28(11-13-35)15-17-8-9-18(34-40(3,37)38)14-20(17)25(28)31/h5-9,14,25,34H,4,10-13,15,31H2,1-3H3/t25-/m1/s1. The van der Waals surface area contributed by atoms with E-state index in [1.807, 2.05) is 19.1 Å². The molecule has 0 saturated carbocycles. The Bertz CT molecular complexity index is 1590. The average Bonchev–Trinajstić information content (AvgIpc) is 3.16. The minimum absolute atomic E-state index is 0.130. The zero-order chi connectivity index (χ0) is 28.8. The van der Waals surface area contributed by atoms with Crippen LogP contribution in [0, 0.1) is 12.3 Å². The van der Waals surface area contributed by atoms with Crippen LogP contribution in [0.25, 0.3) is 11.3 Å². The Hall–Kier alpha value is -2.92. The summed E-state index contributed by atoms with van der Waals surface area (Å²) in [5.41, 5.74) is 11.0. The number of hydrogen-bond donors (Lipinski definition) is 2. The van der Waals surface area contributed by atoms with Gasteiger partial charge in [0, 0.05) is 30.4 Å². The molecule has 0 unspecified atom stereocenters. The van der Waals surface area contributed by atoms with Gasteiger partial charge in [0.2, 0.25) is 10.0 Å². The topological polar surface area (TPSA) is 128 Å². The number of esters is 1. The van der Waals surface area contributed by atoms with Gasteiger partial charge in [0.1, 0.15) is 0 Å². The van der Waals surface area contributed by atoms with Crippen LogP contribution in [0.3, 0.4) is 0 Å². The second kappa shape index (κ2) is 10.8. The number of nitrogens with zero attached hydrogens (tertiary/aromatic N) is 3. The second-order valence-electron chi connectivity index (χ2n) is 10.4. The molecule has 1 spiro atoms. The number of piperidine rings is 1. The number of anilines is 2. The molecule has 5 rings (SSSR count). The highest BCUT2D eigenvalue weighted by Crippen LogP contribution is 2.51. The Morgan fingerprint density at radius 1 is 1.20 bits per heavy atom. The molecule has 12 heteroatoms. The minimum Gasteiger partial charge on any atom is -0.461 e. The maximum Gasteiger partial charge on any atom is 0.360 e. The van der Waals surface area contributed by atoms with E-state index in [0.29, 0.717) is 51.6 Å². The smallest absolute Gasteiger partial charge is 0.360 e. The number of ether oxygens (including phenoxy) is 1. The number of hydrogen-bond acceptors (Lipinski definition) is 8. The normalized spacial score (nSPS) is 18.1. The van der Waals surface area contributed by atoms with Crippen molar-refractivity contribution >= 4 is 50.7 Å². The summed E-state index contributed by atoms with van der Waals surface area (Å²) in [5, 5.41) is 0.727. The van der Waals surface area contributed by atoms with Crippen molar-refractivity contribution < 1.29 is 17.9 Å². The highest BCUT2D eigenvalue weighted by atomic mass is 35.5. The molecule has 2 heterocycles. The first kappa shape index (κ1) is 28.6. The summed E-state index contributed by atoms with van der Waals surface area (Å²) in [6, 6.07) is 10.6. The maximum absolute atomic E-state index is 13.1. The molecule has 9 nitrogen and oxygen atoms in total. The average molecular weight is 605 g/mol. The lowest BCUT2D eigenvalue weighted by atomic mass is 9.73. The molecule has 40 heavy (non-hydrogen) atoms. The van der Waals surface area contributed by atoms with E-state index in [2.05, 4.69) is 9.62 Å². The van der Waals surface area contributed by atoms with Crippen LogP contribution in [0.5, 0.6) is 0 Å². The Labute approximate surface area is 244 Å². The predicted octanol–water partition coefficient (Wildman–Crippen LogP) is 5.15. The van der Waals surface area contributed by atoms with Crippen LogP contribution >= 0.6 is 23.2 Å². The maximum atomic E-state index is 13.1. The lowest BCUT2D eigenvalue weighted by Gasteiger charge is -2.42. The van der Waals surface area contributed by atoms with Crippen molar-refractivity contribution in [1.29, 1.82) is 0 Å². The number of aryl methyl sites for hydroxylation is 1. The summed E-state index contributed by atoms with van der Waals surface area (Å²) >= 11 is 12.7. The zero-order valence-electron chi connectivity index (χ0n) is 22.5. The van der Waals surface area contributed by atoms with E-state index in [-0.39, 0.29) is 23.8 Å². The van der Waals surface area contributed by atoms with Crippen LogP contribution in [0.2, 0.25) is 10.0 Å². The fourth-order valence-corrected chi connectivity index (χ4v) is 6.75. The molecule has 1 aromatic heterocycles. The van der Waals surface area contributed by atoms with Crippen LogP contribution in [0.4, 0.5) is 11.5 Å². The second-order valence-corrected chi connectivity index (χ2v) is 13.0. The van der Waals surface area contributed by atoms with Gasteiger partial charge in [-0.2, -0.15) is 0 Å². The van der Waals surface area contributed by atoms with Gasteiger partial charge in [0.05, 0.1) is 34.3 Å². The molecule has 1 saturated heterocycles. The molecule has 1 aliphatic heterocycles. The minimum atomic E-state index is -3.39. The lowest BCUT2D eigenvalue weighted by Crippen LogP contribution is -2.45. The summed E-state index contributed by atoms with van der Waals surface area (Å²) in [6.07, 6.45) is 3.46. The van der Waals surface area contributed by atoms with E-state index < -0.39 is 16.0 Å². The Morgan fingerprint density at radius 2 is 1.93 bits per heavy atom. The number of carbonyl (C=O) groups is 1.